The van der Waals surface area contributed by atoms with Crippen molar-refractivity contribution in [2.45, 2.75) is 20.3 Å². The summed E-state index contributed by atoms with van der Waals surface area (Å²) in [5.74, 6) is 0.0379. The molecule has 17 heavy (non-hydrogen) atoms. The standard InChI is InChI=1S/C11H23N3O3/c1-9(2)7-13-11(16)8-14-10(15)3-5-17-6-4-12/h9H,3-8,12H2,1-2H3,(H,13,16)(H,14,15). The fourth-order valence-corrected chi connectivity index (χ4v) is 0.998. The van der Waals surface area contributed by atoms with Crippen LogP contribution in [0.1, 0.15) is 20.3 Å². The zero-order valence-corrected chi connectivity index (χ0v) is 10.6. The van der Waals surface area contributed by atoms with E-state index >= 15 is 0 Å². The highest BCUT2D eigenvalue weighted by molar-refractivity contribution is 5.84. The van der Waals surface area contributed by atoms with Gasteiger partial charge in [0.25, 0.3) is 0 Å². The summed E-state index contributed by atoms with van der Waals surface area (Å²) in [5.41, 5.74) is 5.22. The highest BCUT2D eigenvalue weighted by atomic mass is 16.5. The van der Waals surface area contributed by atoms with Crippen LogP contribution in [-0.2, 0) is 14.3 Å². The molecule has 0 atom stereocenters. The average molecular weight is 245 g/mol. The van der Waals surface area contributed by atoms with E-state index in [0.717, 1.165) is 0 Å². The van der Waals surface area contributed by atoms with Crippen LogP contribution in [0.25, 0.3) is 0 Å². The van der Waals surface area contributed by atoms with Crippen LogP contribution in [0.3, 0.4) is 0 Å². The van der Waals surface area contributed by atoms with Gasteiger partial charge in [0.05, 0.1) is 19.8 Å². The molecule has 100 valence electrons. The Morgan fingerprint density at radius 3 is 2.47 bits per heavy atom. The lowest BCUT2D eigenvalue weighted by Gasteiger charge is -2.08. The molecule has 0 spiro atoms. The third-order valence-corrected chi connectivity index (χ3v) is 1.89. The third-order valence-electron chi connectivity index (χ3n) is 1.89. The lowest BCUT2D eigenvalue weighted by molar-refractivity contribution is -0.126. The first-order valence-corrected chi connectivity index (χ1v) is 5.87. The zero-order valence-electron chi connectivity index (χ0n) is 10.6. The largest absolute Gasteiger partial charge is 0.380 e. The van der Waals surface area contributed by atoms with Gasteiger partial charge in [-0.05, 0) is 5.92 Å². The van der Waals surface area contributed by atoms with E-state index in [1.54, 1.807) is 0 Å². The fraction of sp³-hybridized carbons (Fsp3) is 0.818. The summed E-state index contributed by atoms with van der Waals surface area (Å²) in [6.45, 7) is 5.87. The van der Waals surface area contributed by atoms with Gasteiger partial charge in [0.1, 0.15) is 0 Å². The average Bonchev–Trinajstić information content (AvgIpc) is 2.29. The molecule has 0 radical (unpaired) electrons. The molecule has 0 aliphatic rings. The second-order valence-corrected chi connectivity index (χ2v) is 4.13. The third kappa shape index (κ3) is 11.1. The van der Waals surface area contributed by atoms with Gasteiger partial charge in [0.2, 0.25) is 11.8 Å². The zero-order chi connectivity index (χ0) is 13.1. The molecule has 0 saturated heterocycles. The molecular formula is C11H23N3O3. The van der Waals surface area contributed by atoms with Crippen molar-refractivity contribution in [2.75, 3.05) is 32.8 Å². The number of amides is 2. The Morgan fingerprint density at radius 1 is 1.18 bits per heavy atom. The lowest BCUT2D eigenvalue weighted by Crippen LogP contribution is -2.38. The van der Waals surface area contributed by atoms with Crippen LogP contribution in [0.2, 0.25) is 0 Å². The van der Waals surface area contributed by atoms with Gasteiger partial charge < -0.3 is 21.1 Å². The van der Waals surface area contributed by atoms with Crippen LogP contribution < -0.4 is 16.4 Å². The second-order valence-electron chi connectivity index (χ2n) is 4.13. The van der Waals surface area contributed by atoms with E-state index in [9.17, 15) is 9.59 Å². The molecule has 0 aromatic rings. The number of nitrogens with one attached hydrogen (secondary N) is 2. The first kappa shape index (κ1) is 15.9. The summed E-state index contributed by atoms with van der Waals surface area (Å²) in [7, 11) is 0. The quantitative estimate of drug-likeness (QED) is 0.465. The van der Waals surface area contributed by atoms with Crippen LogP contribution >= 0.6 is 0 Å². The van der Waals surface area contributed by atoms with Crippen LogP contribution in [-0.4, -0.2) is 44.7 Å². The van der Waals surface area contributed by atoms with E-state index in [1.807, 2.05) is 13.8 Å². The van der Waals surface area contributed by atoms with E-state index in [-0.39, 0.29) is 24.8 Å². The van der Waals surface area contributed by atoms with E-state index in [2.05, 4.69) is 10.6 Å². The van der Waals surface area contributed by atoms with Crippen molar-refractivity contribution in [1.82, 2.24) is 10.6 Å². The van der Waals surface area contributed by atoms with Crippen molar-refractivity contribution in [1.29, 1.82) is 0 Å². The van der Waals surface area contributed by atoms with Gasteiger partial charge >= 0.3 is 0 Å². The predicted molar refractivity (Wildman–Crippen MR) is 65.3 cm³/mol. The van der Waals surface area contributed by atoms with Gasteiger partial charge in [0, 0.05) is 19.5 Å². The molecule has 6 heteroatoms. The number of rotatable bonds is 9. The Balaban J connectivity index is 3.45. The van der Waals surface area contributed by atoms with Gasteiger partial charge in [-0.25, -0.2) is 0 Å². The molecule has 0 fully saturated rings. The van der Waals surface area contributed by atoms with Gasteiger partial charge in [-0.15, -0.1) is 0 Å². The SMILES string of the molecule is CC(C)CNC(=O)CNC(=O)CCOCCN. The minimum Gasteiger partial charge on any atom is -0.380 e. The van der Waals surface area contributed by atoms with Crippen molar-refractivity contribution < 1.29 is 14.3 Å². The number of nitrogens with two attached hydrogens (primary N) is 1. The normalized spacial score (nSPS) is 10.4. The maximum absolute atomic E-state index is 11.3. The maximum Gasteiger partial charge on any atom is 0.239 e. The Labute approximate surface area is 102 Å². The van der Waals surface area contributed by atoms with Crippen LogP contribution in [0.15, 0.2) is 0 Å². The van der Waals surface area contributed by atoms with Crippen molar-refractivity contribution in [3.05, 3.63) is 0 Å². The number of carbonyl (C=O) groups excluding carboxylic acids is 2. The van der Waals surface area contributed by atoms with E-state index in [1.165, 1.54) is 0 Å². The first-order chi connectivity index (χ1) is 8.06. The van der Waals surface area contributed by atoms with Gasteiger partial charge in [-0.2, -0.15) is 0 Å². The van der Waals surface area contributed by atoms with E-state index in [0.29, 0.717) is 32.2 Å². The molecule has 2 amide bonds. The van der Waals surface area contributed by atoms with Crippen LogP contribution in [0.4, 0.5) is 0 Å². The van der Waals surface area contributed by atoms with E-state index < -0.39 is 0 Å². The maximum atomic E-state index is 11.3. The molecule has 0 bridgehead atoms. The smallest absolute Gasteiger partial charge is 0.239 e. The Morgan fingerprint density at radius 2 is 1.88 bits per heavy atom. The molecular weight excluding hydrogens is 222 g/mol. The number of hydrogen-bond donors (Lipinski definition) is 3. The Bertz CT molecular complexity index is 232. The summed E-state index contributed by atoms with van der Waals surface area (Å²) < 4.78 is 5.05. The predicted octanol–water partition coefficient (Wildman–Crippen LogP) is -0.760. The summed E-state index contributed by atoms with van der Waals surface area (Å²) in [5, 5.41) is 5.23. The van der Waals surface area contributed by atoms with Crippen molar-refractivity contribution in [2.24, 2.45) is 11.7 Å². The number of hydrogen-bond acceptors (Lipinski definition) is 4. The highest BCUT2D eigenvalue weighted by Gasteiger charge is 2.05. The summed E-state index contributed by atoms with van der Waals surface area (Å²) in [6, 6.07) is 0. The molecule has 4 N–H and O–H groups in total. The monoisotopic (exact) mass is 245 g/mol. The topological polar surface area (TPSA) is 93.5 Å². The number of ether oxygens (including phenoxy) is 1. The fourth-order valence-electron chi connectivity index (χ4n) is 0.998. The first-order valence-electron chi connectivity index (χ1n) is 5.87. The molecule has 0 aliphatic carbocycles. The number of carbonyl (C=O) groups is 2. The van der Waals surface area contributed by atoms with E-state index in [4.69, 9.17) is 10.5 Å². The Hall–Kier alpha value is -1.14. The molecule has 0 aromatic heterocycles. The molecule has 0 aliphatic heterocycles. The van der Waals surface area contributed by atoms with Crippen molar-refractivity contribution >= 4 is 11.8 Å². The molecule has 6 nitrogen and oxygen atoms in total. The lowest BCUT2D eigenvalue weighted by atomic mass is 10.2. The minimum absolute atomic E-state index is 0.0163. The van der Waals surface area contributed by atoms with Crippen LogP contribution in [0.5, 0.6) is 0 Å². The van der Waals surface area contributed by atoms with Gasteiger partial charge in [0.15, 0.2) is 0 Å². The molecule has 0 saturated carbocycles. The van der Waals surface area contributed by atoms with Gasteiger partial charge in [-0.1, -0.05) is 13.8 Å². The molecule has 0 unspecified atom stereocenters. The highest BCUT2D eigenvalue weighted by Crippen LogP contribution is 1.86. The summed E-state index contributed by atoms with van der Waals surface area (Å²) in [6.07, 6.45) is 0.247. The molecule has 0 heterocycles. The minimum atomic E-state index is -0.193. The van der Waals surface area contributed by atoms with Crippen molar-refractivity contribution in [3.8, 4) is 0 Å². The van der Waals surface area contributed by atoms with Crippen LogP contribution in [0, 0.1) is 5.92 Å². The summed E-state index contributed by atoms with van der Waals surface area (Å²) >= 11 is 0. The Kier molecular flexibility index (Phi) is 9.37. The molecule has 0 aromatic carbocycles. The van der Waals surface area contributed by atoms with Crippen molar-refractivity contribution in [3.63, 3.8) is 0 Å². The summed E-state index contributed by atoms with van der Waals surface area (Å²) in [4.78, 5) is 22.5. The second kappa shape index (κ2) is 10.0. The molecule has 0 rings (SSSR count). The van der Waals surface area contributed by atoms with Gasteiger partial charge in [-0.3, -0.25) is 9.59 Å².